The Morgan fingerprint density at radius 2 is 1.67 bits per heavy atom. The van der Waals surface area contributed by atoms with Gasteiger partial charge in [-0.25, -0.2) is 0 Å². The van der Waals surface area contributed by atoms with Crippen molar-refractivity contribution < 1.29 is 4.79 Å². The maximum atomic E-state index is 12.1. The third-order valence-electron chi connectivity index (χ3n) is 2.58. The molecule has 2 rings (SSSR count). The van der Waals surface area contributed by atoms with Gasteiger partial charge in [-0.3, -0.25) is 4.79 Å². The summed E-state index contributed by atoms with van der Waals surface area (Å²) in [5.74, 6) is -0.267. The average molecular weight is 280 g/mol. The third kappa shape index (κ3) is 2.66. The minimum atomic E-state index is -0.267. The summed E-state index contributed by atoms with van der Waals surface area (Å²) in [6.45, 7) is 1.88. The highest BCUT2D eigenvalue weighted by Crippen LogP contribution is 2.26. The Morgan fingerprint density at radius 1 is 1.00 bits per heavy atom. The number of halogens is 2. The summed E-state index contributed by atoms with van der Waals surface area (Å²) >= 11 is 12.0. The molecule has 0 aliphatic heterocycles. The molecule has 0 spiro atoms. The number of para-hydroxylation sites is 1. The van der Waals surface area contributed by atoms with Gasteiger partial charge in [0.15, 0.2) is 0 Å². The lowest BCUT2D eigenvalue weighted by molar-refractivity contribution is 0.102. The van der Waals surface area contributed by atoms with Crippen molar-refractivity contribution in [1.82, 2.24) is 0 Å². The summed E-state index contributed by atoms with van der Waals surface area (Å²) in [7, 11) is 0. The molecule has 0 saturated heterocycles. The zero-order chi connectivity index (χ0) is 13.1. The Hall–Kier alpha value is -1.51. The fraction of sp³-hybridized carbons (Fsp3) is 0.0714. The number of hydrogen-bond acceptors (Lipinski definition) is 1. The Morgan fingerprint density at radius 3 is 2.33 bits per heavy atom. The van der Waals surface area contributed by atoms with Crippen LogP contribution in [0.3, 0.4) is 0 Å². The molecule has 2 aromatic rings. The zero-order valence-electron chi connectivity index (χ0n) is 9.71. The summed E-state index contributed by atoms with van der Waals surface area (Å²) in [4.78, 5) is 12.1. The molecule has 1 amide bonds. The van der Waals surface area contributed by atoms with E-state index in [-0.39, 0.29) is 5.91 Å². The maximum Gasteiger partial charge on any atom is 0.257 e. The van der Waals surface area contributed by atoms with E-state index in [1.54, 1.807) is 30.3 Å². The van der Waals surface area contributed by atoms with Gasteiger partial charge in [0.1, 0.15) is 0 Å². The Labute approximate surface area is 116 Å². The van der Waals surface area contributed by atoms with Crippen LogP contribution in [0, 0.1) is 6.92 Å². The van der Waals surface area contributed by atoms with E-state index in [2.05, 4.69) is 5.32 Å². The zero-order valence-corrected chi connectivity index (χ0v) is 11.2. The van der Waals surface area contributed by atoms with Gasteiger partial charge in [-0.1, -0.05) is 47.5 Å². The summed E-state index contributed by atoms with van der Waals surface area (Å²) in [5.41, 5.74) is 1.95. The highest BCUT2D eigenvalue weighted by atomic mass is 35.5. The topological polar surface area (TPSA) is 29.1 Å². The van der Waals surface area contributed by atoms with Gasteiger partial charge in [0.05, 0.1) is 21.3 Å². The molecule has 0 bridgehead atoms. The molecule has 4 heteroatoms. The van der Waals surface area contributed by atoms with E-state index < -0.39 is 0 Å². The molecule has 0 atom stereocenters. The normalized spacial score (nSPS) is 10.2. The summed E-state index contributed by atoms with van der Waals surface area (Å²) < 4.78 is 0. The minimum absolute atomic E-state index is 0.267. The fourth-order valence-corrected chi connectivity index (χ4v) is 2.11. The van der Waals surface area contributed by atoms with E-state index in [0.29, 0.717) is 21.3 Å². The van der Waals surface area contributed by atoms with Crippen molar-refractivity contribution in [3.8, 4) is 0 Å². The van der Waals surface area contributed by atoms with Crippen LogP contribution in [0.1, 0.15) is 15.9 Å². The standard InChI is InChI=1S/C14H11Cl2NO/c1-9-5-4-8-12(16)13(9)17-14(18)10-6-2-3-7-11(10)15/h2-8H,1H3,(H,17,18). The fourth-order valence-electron chi connectivity index (χ4n) is 1.62. The minimum Gasteiger partial charge on any atom is -0.320 e. The quantitative estimate of drug-likeness (QED) is 0.858. The number of rotatable bonds is 2. The molecule has 2 nitrogen and oxygen atoms in total. The van der Waals surface area contributed by atoms with Crippen molar-refractivity contribution in [2.45, 2.75) is 6.92 Å². The van der Waals surface area contributed by atoms with Gasteiger partial charge in [-0.15, -0.1) is 0 Å². The molecular formula is C14H11Cl2NO. The monoisotopic (exact) mass is 279 g/mol. The van der Waals surface area contributed by atoms with E-state index >= 15 is 0 Å². The predicted octanol–water partition coefficient (Wildman–Crippen LogP) is 4.55. The highest BCUT2D eigenvalue weighted by molar-refractivity contribution is 6.36. The second-order valence-electron chi connectivity index (χ2n) is 3.87. The molecule has 0 fully saturated rings. The number of carbonyl (C=O) groups is 1. The molecule has 92 valence electrons. The van der Waals surface area contributed by atoms with Gasteiger partial charge in [0, 0.05) is 0 Å². The molecule has 0 unspecified atom stereocenters. The first-order chi connectivity index (χ1) is 8.59. The van der Waals surface area contributed by atoms with Crippen molar-refractivity contribution in [2.24, 2.45) is 0 Å². The second kappa shape index (κ2) is 5.42. The van der Waals surface area contributed by atoms with Gasteiger partial charge in [0.2, 0.25) is 0 Å². The van der Waals surface area contributed by atoms with Gasteiger partial charge < -0.3 is 5.32 Å². The molecular weight excluding hydrogens is 269 g/mol. The van der Waals surface area contributed by atoms with Gasteiger partial charge in [-0.05, 0) is 30.7 Å². The first-order valence-electron chi connectivity index (χ1n) is 5.40. The number of amides is 1. The molecule has 0 aliphatic carbocycles. The van der Waals surface area contributed by atoms with Crippen molar-refractivity contribution >= 4 is 34.8 Å². The lowest BCUT2D eigenvalue weighted by Crippen LogP contribution is -2.13. The van der Waals surface area contributed by atoms with E-state index in [9.17, 15) is 4.79 Å². The van der Waals surface area contributed by atoms with Crippen LogP contribution in [0.2, 0.25) is 10.0 Å². The molecule has 0 heterocycles. The highest BCUT2D eigenvalue weighted by Gasteiger charge is 2.12. The van der Waals surface area contributed by atoms with E-state index in [0.717, 1.165) is 5.56 Å². The summed E-state index contributed by atoms with van der Waals surface area (Å²) in [6, 6.07) is 12.3. The van der Waals surface area contributed by atoms with Gasteiger partial charge >= 0.3 is 0 Å². The molecule has 0 radical (unpaired) electrons. The van der Waals surface area contributed by atoms with Crippen LogP contribution >= 0.6 is 23.2 Å². The van der Waals surface area contributed by atoms with Crippen molar-refractivity contribution in [2.75, 3.05) is 5.32 Å². The van der Waals surface area contributed by atoms with Crippen molar-refractivity contribution in [3.63, 3.8) is 0 Å². The maximum absolute atomic E-state index is 12.1. The van der Waals surface area contributed by atoms with Crippen LogP contribution in [0.5, 0.6) is 0 Å². The molecule has 0 aliphatic rings. The molecule has 0 aromatic heterocycles. The third-order valence-corrected chi connectivity index (χ3v) is 3.22. The first-order valence-corrected chi connectivity index (χ1v) is 6.16. The molecule has 0 saturated carbocycles. The predicted molar refractivity (Wildman–Crippen MR) is 75.6 cm³/mol. The van der Waals surface area contributed by atoms with Gasteiger partial charge in [-0.2, -0.15) is 0 Å². The number of anilines is 1. The Balaban J connectivity index is 2.30. The molecule has 18 heavy (non-hydrogen) atoms. The van der Waals surface area contributed by atoms with Crippen LogP contribution in [0.15, 0.2) is 42.5 Å². The smallest absolute Gasteiger partial charge is 0.257 e. The van der Waals surface area contributed by atoms with E-state index in [1.165, 1.54) is 0 Å². The first kappa shape index (κ1) is 12.9. The largest absolute Gasteiger partial charge is 0.320 e. The number of carbonyl (C=O) groups excluding carboxylic acids is 1. The summed E-state index contributed by atoms with van der Waals surface area (Å²) in [5, 5.41) is 3.71. The number of benzene rings is 2. The van der Waals surface area contributed by atoms with Crippen LogP contribution in [0.25, 0.3) is 0 Å². The lowest BCUT2D eigenvalue weighted by atomic mass is 10.1. The van der Waals surface area contributed by atoms with Crippen LogP contribution < -0.4 is 5.32 Å². The van der Waals surface area contributed by atoms with Crippen LogP contribution in [-0.2, 0) is 0 Å². The average Bonchev–Trinajstić information content (AvgIpc) is 2.34. The molecule has 2 aromatic carbocycles. The van der Waals surface area contributed by atoms with Crippen molar-refractivity contribution in [3.05, 3.63) is 63.6 Å². The number of nitrogens with one attached hydrogen (secondary N) is 1. The summed E-state index contributed by atoms with van der Waals surface area (Å²) in [6.07, 6.45) is 0. The van der Waals surface area contributed by atoms with E-state index in [4.69, 9.17) is 23.2 Å². The Bertz CT molecular complexity index is 576. The lowest BCUT2D eigenvalue weighted by Gasteiger charge is -2.10. The SMILES string of the molecule is Cc1cccc(Cl)c1NC(=O)c1ccccc1Cl. The van der Waals surface area contributed by atoms with E-state index in [1.807, 2.05) is 19.1 Å². The van der Waals surface area contributed by atoms with Gasteiger partial charge in [0.25, 0.3) is 5.91 Å². The molecule has 1 N–H and O–H groups in total. The Kier molecular flexibility index (Phi) is 3.90. The van der Waals surface area contributed by atoms with Crippen LogP contribution in [-0.4, -0.2) is 5.91 Å². The second-order valence-corrected chi connectivity index (χ2v) is 4.68. The number of hydrogen-bond donors (Lipinski definition) is 1. The van der Waals surface area contributed by atoms with Crippen molar-refractivity contribution in [1.29, 1.82) is 0 Å². The number of aryl methyl sites for hydroxylation is 1. The van der Waals surface area contributed by atoms with Crippen LogP contribution in [0.4, 0.5) is 5.69 Å².